The number of carbonyl (C=O) groups is 2. The molecule has 0 saturated carbocycles. The van der Waals surface area contributed by atoms with E-state index in [9.17, 15) is 49.1 Å². The number of hydrogen-bond acceptors (Lipinski definition) is 5. The van der Waals surface area contributed by atoms with Crippen LogP contribution in [0.1, 0.15) is 66.2 Å². The van der Waals surface area contributed by atoms with Crippen molar-refractivity contribution in [3.8, 4) is 11.5 Å². The predicted octanol–water partition coefficient (Wildman–Crippen LogP) is 8.23. The Kier molecular flexibility index (Phi) is 10.9. The van der Waals surface area contributed by atoms with Crippen molar-refractivity contribution in [3.63, 3.8) is 0 Å². The van der Waals surface area contributed by atoms with Crippen LogP contribution in [0.15, 0.2) is 48.5 Å². The van der Waals surface area contributed by atoms with Crippen LogP contribution in [0, 0.1) is 0 Å². The third-order valence-corrected chi connectivity index (χ3v) is 5.49. The summed E-state index contributed by atoms with van der Waals surface area (Å²) in [6, 6.07) is 8.87. The Morgan fingerprint density at radius 2 is 1.10 bits per heavy atom. The molecular formula is C26H25F9O5. The summed E-state index contributed by atoms with van der Waals surface area (Å²) >= 11 is 0. The SMILES string of the molecule is CCCCCCCCOc1ccc(C(=O)Oc2ccc(C(=O)OC(F)(F)C(F)(F)C(F)(F)C(F)(F)F)cc2)cc1. The van der Waals surface area contributed by atoms with Crippen LogP contribution in [0.25, 0.3) is 0 Å². The van der Waals surface area contributed by atoms with Crippen LogP contribution < -0.4 is 9.47 Å². The number of halogens is 9. The van der Waals surface area contributed by atoms with Crippen molar-refractivity contribution in [1.29, 1.82) is 0 Å². The molecular weight excluding hydrogens is 563 g/mol. The lowest BCUT2D eigenvalue weighted by Gasteiger charge is -2.32. The maximum absolute atomic E-state index is 13.5. The number of hydrogen-bond donors (Lipinski definition) is 0. The molecule has 0 aromatic heterocycles. The molecule has 222 valence electrons. The molecule has 0 aliphatic rings. The van der Waals surface area contributed by atoms with E-state index in [0.29, 0.717) is 24.5 Å². The van der Waals surface area contributed by atoms with Gasteiger partial charge in [-0.3, -0.25) is 0 Å². The Bertz CT molecular complexity index is 1110. The molecule has 2 rings (SSSR count). The van der Waals surface area contributed by atoms with E-state index in [1.807, 2.05) is 0 Å². The molecule has 0 amide bonds. The monoisotopic (exact) mass is 588 g/mol. The summed E-state index contributed by atoms with van der Waals surface area (Å²) in [4.78, 5) is 24.0. The molecule has 0 fully saturated rings. The first-order valence-electron chi connectivity index (χ1n) is 12.0. The van der Waals surface area contributed by atoms with E-state index in [2.05, 4.69) is 11.7 Å². The minimum absolute atomic E-state index is 0.0860. The van der Waals surface area contributed by atoms with Gasteiger partial charge in [0.05, 0.1) is 17.7 Å². The van der Waals surface area contributed by atoms with E-state index < -0.39 is 41.6 Å². The van der Waals surface area contributed by atoms with Crippen molar-refractivity contribution in [3.05, 3.63) is 59.7 Å². The van der Waals surface area contributed by atoms with E-state index >= 15 is 0 Å². The molecule has 40 heavy (non-hydrogen) atoms. The molecule has 0 spiro atoms. The zero-order valence-electron chi connectivity index (χ0n) is 21.0. The summed E-state index contributed by atoms with van der Waals surface area (Å²) in [5.74, 6) is -17.3. The van der Waals surface area contributed by atoms with Gasteiger partial charge in [0, 0.05) is 0 Å². The molecule has 0 atom stereocenters. The maximum Gasteiger partial charge on any atom is 0.473 e. The van der Waals surface area contributed by atoms with Gasteiger partial charge in [-0.05, 0) is 55.0 Å². The molecule has 0 unspecified atom stereocenters. The molecule has 2 aromatic carbocycles. The highest BCUT2D eigenvalue weighted by Gasteiger charge is 2.84. The smallest absolute Gasteiger partial charge is 0.473 e. The van der Waals surface area contributed by atoms with Crippen LogP contribution >= 0.6 is 0 Å². The summed E-state index contributed by atoms with van der Waals surface area (Å²) in [6.45, 7) is 2.63. The standard InChI is InChI=1S/C26H25F9O5/c1-2-3-4-5-6-7-16-38-19-12-8-17(9-13-19)21(36)39-20-14-10-18(11-15-20)22(37)40-26(34,35)24(29,30)23(27,28)25(31,32)33/h8-15H,2-7,16H2,1H3. The number of rotatable bonds is 14. The molecule has 0 N–H and O–H groups in total. The molecule has 5 nitrogen and oxygen atoms in total. The van der Waals surface area contributed by atoms with Crippen molar-refractivity contribution in [2.75, 3.05) is 6.61 Å². The lowest BCUT2D eigenvalue weighted by atomic mass is 10.1. The van der Waals surface area contributed by atoms with Crippen LogP contribution in [0.5, 0.6) is 11.5 Å². The largest absolute Gasteiger partial charge is 0.494 e. The zero-order valence-corrected chi connectivity index (χ0v) is 21.0. The van der Waals surface area contributed by atoms with Gasteiger partial charge in [-0.25, -0.2) is 9.59 Å². The molecule has 0 aliphatic carbocycles. The van der Waals surface area contributed by atoms with Crippen LogP contribution in [0.2, 0.25) is 0 Å². The van der Waals surface area contributed by atoms with Gasteiger partial charge in [-0.15, -0.1) is 0 Å². The fourth-order valence-corrected chi connectivity index (χ4v) is 3.18. The molecule has 0 saturated heterocycles. The summed E-state index contributed by atoms with van der Waals surface area (Å²) in [7, 11) is 0. The minimum atomic E-state index is -7.21. The quantitative estimate of drug-likeness (QED) is 0.0963. The first kappa shape index (κ1) is 32.8. The van der Waals surface area contributed by atoms with Crippen molar-refractivity contribution in [2.45, 2.75) is 69.6 Å². The van der Waals surface area contributed by atoms with Crippen LogP contribution in [-0.4, -0.2) is 42.7 Å². The molecule has 14 heteroatoms. The highest BCUT2D eigenvalue weighted by molar-refractivity contribution is 5.92. The first-order chi connectivity index (χ1) is 18.5. The third kappa shape index (κ3) is 8.04. The number of carbonyl (C=O) groups excluding carboxylic acids is 2. The highest BCUT2D eigenvalue weighted by atomic mass is 19.4. The minimum Gasteiger partial charge on any atom is -0.494 e. The second-order valence-corrected chi connectivity index (χ2v) is 8.61. The van der Waals surface area contributed by atoms with Gasteiger partial charge in [0.15, 0.2) is 0 Å². The van der Waals surface area contributed by atoms with Crippen molar-refractivity contribution >= 4 is 11.9 Å². The van der Waals surface area contributed by atoms with Gasteiger partial charge in [0.1, 0.15) is 11.5 Å². The average Bonchev–Trinajstić information content (AvgIpc) is 2.87. The topological polar surface area (TPSA) is 61.8 Å². The Hall–Kier alpha value is -3.45. The third-order valence-electron chi connectivity index (χ3n) is 5.49. The highest BCUT2D eigenvalue weighted by Crippen LogP contribution is 2.53. The summed E-state index contributed by atoms with van der Waals surface area (Å²) in [5.41, 5.74) is -0.847. The van der Waals surface area contributed by atoms with E-state index in [-0.39, 0.29) is 11.3 Å². The maximum atomic E-state index is 13.5. The summed E-state index contributed by atoms with van der Waals surface area (Å²) in [6.07, 6.45) is -7.06. The molecule has 0 aliphatic heterocycles. The van der Waals surface area contributed by atoms with Crippen LogP contribution in [0.4, 0.5) is 39.5 Å². The molecule has 2 aromatic rings. The van der Waals surface area contributed by atoms with Gasteiger partial charge in [0.25, 0.3) is 0 Å². The average molecular weight is 588 g/mol. The Labute approximate surface area is 223 Å². The van der Waals surface area contributed by atoms with E-state index in [0.717, 1.165) is 37.8 Å². The lowest BCUT2D eigenvalue weighted by molar-refractivity contribution is -0.433. The van der Waals surface area contributed by atoms with Gasteiger partial charge >= 0.3 is 36.1 Å². The molecule has 0 heterocycles. The fourth-order valence-electron chi connectivity index (χ4n) is 3.18. The normalized spacial score (nSPS) is 12.7. The second-order valence-electron chi connectivity index (χ2n) is 8.61. The molecule has 0 radical (unpaired) electrons. The van der Waals surface area contributed by atoms with Crippen molar-refractivity contribution in [2.24, 2.45) is 0 Å². The van der Waals surface area contributed by atoms with Gasteiger partial charge in [-0.1, -0.05) is 39.0 Å². The number of unbranched alkanes of at least 4 members (excludes halogenated alkanes) is 5. The van der Waals surface area contributed by atoms with E-state index in [1.165, 1.54) is 37.1 Å². The second kappa shape index (κ2) is 13.3. The predicted molar refractivity (Wildman–Crippen MR) is 123 cm³/mol. The Morgan fingerprint density at radius 3 is 1.62 bits per heavy atom. The fraction of sp³-hybridized carbons (Fsp3) is 0.462. The van der Waals surface area contributed by atoms with Crippen molar-refractivity contribution < 1.29 is 63.3 Å². The first-order valence-corrected chi connectivity index (χ1v) is 12.0. The summed E-state index contributed by atoms with van der Waals surface area (Å²) in [5, 5.41) is 0. The van der Waals surface area contributed by atoms with Gasteiger partial charge in [-0.2, -0.15) is 39.5 Å². The van der Waals surface area contributed by atoms with E-state index in [1.54, 1.807) is 0 Å². The van der Waals surface area contributed by atoms with Crippen LogP contribution in [-0.2, 0) is 4.74 Å². The van der Waals surface area contributed by atoms with Crippen LogP contribution in [0.3, 0.4) is 0 Å². The zero-order chi connectivity index (χ0) is 30.2. The number of benzene rings is 2. The van der Waals surface area contributed by atoms with Gasteiger partial charge in [0.2, 0.25) is 0 Å². The number of esters is 2. The van der Waals surface area contributed by atoms with E-state index in [4.69, 9.17) is 9.47 Å². The number of alkyl halides is 9. The number of ether oxygens (including phenoxy) is 3. The van der Waals surface area contributed by atoms with Crippen molar-refractivity contribution in [1.82, 2.24) is 0 Å². The molecule has 0 bridgehead atoms. The Balaban J connectivity index is 1.93. The van der Waals surface area contributed by atoms with Gasteiger partial charge < -0.3 is 14.2 Å². The Morgan fingerprint density at radius 1 is 0.625 bits per heavy atom. The summed E-state index contributed by atoms with van der Waals surface area (Å²) < 4.78 is 130. The lowest BCUT2D eigenvalue weighted by Crippen LogP contribution is -2.62.